The minimum Gasteiger partial charge on any atom is -0.480 e. The lowest BCUT2D eigenvalue weighted by Gasteiger charge is -2.16. The van der Waals surface area contributed by atoms with Crippen molar-refractivity contribution in [3.8, 4) is 0 Å². The molecule has 116 valence electrons. The van der Waals surface area contributed by atoms with Crippen LogP contribution in [0.5, 0.6) is 0 Å². The number of amides is 2. The zero-order valence-electron chi connectivity index (χ0n) is 12.4. The third-order valence-corrected chi connectivity index (χ3v) is 3.63. The summed E-state index contributed by atoms with van der Waals surface area (Å²) >= 11 is 1.57. The maximum absolute atomic E-state index is 11.6. The van der Waals surface area contributed by atoms with Crippen molar-refractivity contribution < 1.29 is 19.5 Å². The maximum Gasteiger partial charge on any atom is 0.326 e. The largest absolute Gasteiger partial charge is 0.480 e. The molecular weight excluding hydrogens is 280 g/mol. The van der Waals surface area contributed by atoms with Gasteiger partial charge >= 0.3 is 5.97 Å². The van der Waals surface area contributed by atoms with Gasteiger partial charge in [-0.2, -0.15) is 11.8 Å². The molecule has 0 fully saturated rings. The average molecular weight is 304 g/mol. The van der Waals surface area contributed by atoms with Crippen LogP contribution in [0, 0.1) is 5.92 Å². The van der Waals surface area contributed by atoms with Gasteiger partial charge in [-0.05, 0) is 18.6 Å². The monoisotopic (exact) mass is 304 g/mol. The zero-order valence-corrected chi connectivity index (χ0v) is 13.3. The smallest absolute Gasteiger partial charge is 0.326 e. The molecule has 0 spiro atoms. The molecule has 0 saturated carbocycles. The molecule has 0 aromatic carbocycles. The van der Waals surface area contributed by atoms with Crippen LogP contribution in [0.15, 0.2) is 0 Å². The number of hydrogen-bond donors (Lipinski definition) is 3. The van der Waals surface area contributed by atoms with E-state index in [1.165, 1.54) is 0 Å². The van der Waals surface area contributed by atoms with Crippen LogP contribution in [0.2, 0.25) is 0 Å². The molecule has 0 aromatic heterocycles. The van der Waals surface area contributed by atoms with Gasteiger partial charge in [-0.3, -0.25) is 9.59 Å². The summed E-state index contributed by atoms with van der Waals surface area (Å²) in [6.07, 6.45) is 2.61. The number of carboxylic acids is 1. The van der Waals surface area contributed by atoms with Crippen molar-refractivity contribution in [2.45, 2.75) is 44.9 Å². The number of aliphatic carboxylic acids is 1. The Morgan fingerprint density at radius 1 is 1.15 bits per heavy atom. The average Bonchev–Trinajstić information content (AvgIpc) is 2.34. The van der Waals surface area contributed by atoms with E-state index in [1.54, 1.807) is 11.8 Å². The highest BCUT2D eigenvalue weighted by molar-refractivity contribution is 7.99. The molecule has 0 aliphatic carbocycles. The summed E-state index contributed by atoms with van der Waals surface area (Å²) in [5.41, 5.74) is 0. The van der Waals surface area contributed by atoms with Crippen molar-refractivity contribution in [3.05, 3.63) is 0 Å². The summed E-state index contributed by atoms with van der Waals surface area (Å²) in [6.45, 7) is 5.50. The number of carbonyl (C=O) groups is 3. The molecule has 0 radical (unpaired) electrons. The summed E-state index contributed by atoms with van der Waals surface area (Å²) in [7, 11) is 0. The summed E-state index contributed by atoms with van der Waals surface area (Å²) in [5, 5.41) is 14.1. The number of carbonyl (C=O) groups excluding carboxylic acids is 2. The Bertz CT molecular complexity index is 347. The predicted molar refractivity (Wildman–Crippen MR) is 79.6 cm³/mol. The minimum atomic E-state index is -1.06. The van der Waals surface area contributed by atoms with E-state index in [0.29, 0.717) is 12.8 Å². The van der Waals surface area contributed by atoms with E-state index in [-0.39, 0.29) is 23.6 Å². The van der Waals surface area contributed by atoms with E-state index < -0.39 is 17.9 Å². The SMILES string of the molecule is CSC(C)CC(=O)NCC(=O)N[C@@H](CC(C)C)C(=O)O. The highest BCUT2D eigenvalue weighted by atomic mass is 32.2. The van der Waals surface area contributed by atoms with Crippen molar-refractivity contribution in [2.24, 2.45) is 5.92 Å². The van der Waals surface area contributed by atoms with Gasteiger partial charge in [0.15, 0.2) is 0 Å². The first-order chi connectivity index (χ1) is 9.26. The summed E-state index contributed by atoms with van der Waals surface area (Å²) in [5.74, 6) is -1.59. The number of thioether (sulfide) groups is 1. The Hall–Kier alpha value is -1.24. The van der Waals surface area contributed by atoms with Crippen LogP contribution in [0.25, 0.3) is 0 Å². The lowest BCUT2D eigenvalue weighted by Crippen LogP contribution is -2.46. The van der Waals surface area contributed by atoms with Gasteiger partial charge < -0.3 is 15.7 Å². The Labute approximate surface area is 124 Å². The fourth-order valence-electron chi connectivity index (χ4n) is 1.53. The van der Waals surface area contributed by atoms with E-state index in [0.717, 1.165) is 0 Å². The van der Waals surface area contributed by atoms with E-state index in [1.807, 2.05) is 27.0 Å². The zero-order chi connectivity index (χ0) is 15.7. The molecule has 3 N–H and O–H groups in total. The third kappa shape index (κ3) is 8.79. The second-order valence-corrected chi connectivity index (χ2v) is 6.39. The van der Waals surface area contributed by atoms with Crippen LogP contribution in [-0.2, 0) is 14.4 Å². The molecule has 0 saturated heterocycles. The predicted octanol–water partition coefficient (Wildman–Crippen LogP) is 0.860. The summed E-state index contributed by atoms with van der Waals surface area (Å²) in [4.78, 5) is 34.1. The first kappa shape index (κ1) is 18.8. The molecule has 0 bridgehead atoms. The van der Waals surface area contributed by atoms with Crippen LogP contribution < -0.4 is 10.6 Å². The fraction of sp³-hybridized carbons (Fsp3) is 0.769. The van der Waals surface area contributed by atoms with Gasteiger partial charge in [0.1, 0.15) is 6.04 Å². The van der Waals surface area contributed by atoms with E-state index in [9.17, 15) is 14.4 Å². The van der Waals surface area contributed by atoms with E-state index >= 15 is 0 Å². The lowest BCUT2D eigenvalue weighted by atomic mass is 10.0. The van der Waals surface area contributed by atoms with Gasteiger partial charge in [-0.25, -0.2) is 4.79 Å². The summed E-state index contributed by atoms with van der Waals surface area (Å²) in [6, 6.07) is -0.912. The molecule has 2 amide bonds. The van der Waals surface area contributed by atoms with Crippen molar-refractivity contribution in [1.82, 2.24) is 10.6 Å². The quantitative estimate of drug-likeness (QED) is 0.587. The highest BCUT2D eigenvalue weighted by Gasteiger charge is 2.21. The molecular formula is C13H24N2O4S. The van der Waals surface area contributed by atoms with Crippen LogP contribution in [-0.4, -0.2) is 47.0 Å². The third-order valence-electron chi connectivity index (χ3n) is 2.66. The molecule has 20 heavy (non-hydrogen) atoms. The molecule has 6 nitrogen and oxygen atoms in total. The van der Waals surface area contributed by atoms with Crippen molar-refractivity contribution in [1.29, 1.82) is 0 Å². The van der Waals surface area contributed by atoms with Gasteiger partial charge in [0, 0.05) is 11.7 Å². The second kappa shape index (κ2) is 9.63. The normalized spacial score (nSPS) is 13.7. The minimum absolute atomic E-state index is 0.161. The molecule has 7 heteroatoms. The highest BCUT2D eigenvalue weighted by Crippen LogP contribution is 2.08. The number of hydrogen-bond acceptors (Lipinski definition) is 4. The summed E-state index contributed by atoms with van der Waals surface area (Å²) < 4.78 is 0. The Balaban J connectivity index is 4.14. The molecule has 0 aromatic rings. The number of carboxylic acid groups (broad SMARTS) is 1. The number of nitrogens with one attached hydrogen (secondary N) is 2. The van der Waals surface area contributed by atoms with Crippen LogP contribution in [0.3, 0.4) is 0 Å². The lowest BCUT2D eigenvalue weighted by molar-refractivity contribution is -0.142. The molecule has 0 aliphatic rings. The van der Waals surface area contributed by atoms with Crippen LogP contribution in [0.4, 0.5) is 0 Å². The van der Waals surface area contributed by atoms with Gasteiger partial charge in [0.2, 0.25) is 11.8 Å². The van der Waals surface area contributed by atoms with Crippen LogP contribution in [0.1, 0.15) is 33.6 Å². The number of rotatable bonds is 9. The van der Waals surface area contributed by atoms with E-state index in [4.69, 9.17) is 5.11 Å². The molecule has 1 unspecified atom stereocenters. The molecule has 0 aliphatic heterocycles. The maximum atomic E-state index is 11.6. The Kier molecular flexibility index (Phi) is 9.03. The van der Waals surface area contributed by atoms with Crippen LogP contribution >= 0.6 is 11.8 Å². The van der Waals surface area contributed by atoms with Gasteiger partial charge in [0.25, 0.3) is 0 Å². The van der Waals surface area contributed by atoms with Crippen molar-refractivity contribution in [3.63, 3.8) is 0 Å². The van der Waals surface area contributed by atoms with E-state index in [2.05, 4.69) is 10.6 Å². The topological polar surface area (TPSA) is 95.5 Å². The van der Waals surface area contributed by atoms with Gasteiger partial charge in [-0.15, -0.1) is 0 Å². The Morgan fingerprint density at radius 2 is 1.75 bits per heavy atom. The second-order valence-electron chi connectivity index (χ2n) is 5.12. The molecule has 0 heterocycles. The van der Waals surface area contributed by atoms with Gasteiger partial charge in [0.05, 0.1) is 6.54 Å². The molecule has 0 rings (SSSR count). The fourth-order valence-corrected chi connectivity index (χ4v) is 1.85. The van der Waals surface area contributed by atoms with Crippen molar-refractivity contribution >= 4 is 29.5 Å². The molecule has 2 atom stereocenters. The first-order valence-corrected chi connectivity index (χ1v) is 7.86. The first-order valence-electron chi connectivity index (χ1n) is 6.57. The van der Waals surface area contributed by atoms with Crippen molar-refractivity contribution in [2.75, 3.05) is 12.8 Å². The standard InChI is InChI=1S/C13H24N2O4S/c1-8(2)5-10(13(18)19)15-12(17)7-14-11(16)6-9(3)20-4/h8-10H,5-7H2,1-4H3,(H,14,16)(H,15,17)(H,18,19)/t9?,10-/m0/s1. The van der Waals surface area contributed by atoms with Gasteiger partial charge in [-0.1, -0.05) is 20.8 Å². The Morgan fingerprint density at radius 3 is 2.20 bits per heavy atom.